The lowest BCUT2D eigenvalue weighted by molar-refractivity contribution is -0.167. The van der Waals surface area contributed by atoms with Crippen LogP contribution in [0, 0.1) is 5.92 Å². The number of halogens is 2. The van der Waals surface area contributed by atoms with E-state index in [1.807, 2.05) is 0 Å². The molecule has 0 saturated heterocycles. The molecule has 0 aromatic heterocycles. The Morgan fingerprint density at radius 1 is 1.27 bits per heavy atom. The molecule has 0 heterocycles. The summed E-state index contributed by atoms with van der Waals surface area (Å²) in [7, 11) is 0. The molecule has 0 fully saturated rings. The Balaban J connectivity index is 2.88. The number of alkyl halides is 2. The number of hydrogen-bond acceptors (Lipinski definition) is 2. The molecule has 3 atom stereocenters. The molecular weight excluding hydrogens is 154 g/mol. The highest BCUT2D eigenvalue weighted by Crippen LogP contribution is 2.34. The molecule has 2 N–H and O–H groups in total. The van der Waals surface area contributed by atoms with Crippen molar-refractivity contribution in [2.24, 2.45) is 5.92 Å². The van der Waals surface area contributed by atoms with Crippen molar-refractivity contribution in [1.29, 1.82) is 0 Å². The van der Waals surface area contributed by atoms with E-state index in [-0.39, 0.29) is 0 Å². The molecule has 4 heteroatoms. The van der Waals surface area contributed by atoms with Crippen LogP contribution in [0.3, 0.4) is 0 Å². The van der Waals surface area contributed by atoms with Gasteiger partial charge in [-0.3, -0.25) is 0 Å². The SMILES string of the molecule is C[C@@H]1C=C[C@H](O)[C@H](O)C1(F)F. The third kappa shape index (κ3) is 1.28. The van der Waals surface area contributed by atoms with Crippen LogP contribution in [-0.4, -0.2) is 28.3 Å². The van der Waals surface area contributed by atoms with Gasteiger partial charge in [0.1, 0.15) is 12.2 Å². The van der Waals surface area contributed by atoms with Crippen molar-refractivity contribution < 1.29 is 19.0 Å². The number of allylic oxidation sites excluding steroid dienone is 1. The molecule has 2 nitrogen and oxygen atoms in total. The van der Waals surface area contributed by atoms with Crippen LogP contribution in [0.4, 0.5) is 8.78 Å². The minimum absolute atomic E-state index is 1.01. The van der Waals surface area contributed by atoms with Gasteiger partial charge in [0.2, 0.25) is 0 Å². The predicted octanol–water partition coefficient (Wildman–Crippen LogP) is 0.549. The van der Waals surface area contributed by atoms with Gasteiger partial charge in [0.15, 0.2) is 0 Å². The second-order valence-electron chi connectivity index (χ2n) is 2.78. The van der Waals surface area contributed by atoms with Crippen LogP contribution in [0.25, 0.3) is 0 Å². The molecule has 0 spiro atoms. The van der Waals surface area contributed by atoms with Crippen LogP contribution in [0.1, 0.15) is 6.92 Å². The summed E-state index contributed by atoms with van der Waals surface area (Å²) in [6, 6.07) is 0. The smallest absolute Gasteiger partial charge is 0.282 e. The van der Waals surface area contributed by atoms with E-state index in [4.69, 9.17) is 10.2 Å². The van der Waals surface area contributed by atoms with Crippen molar-refractivity contribution in [3.8, 4) is 0 Å². The quantitative estimate of drug-likeness (QED) is 0.513. The maximum atomic E-state index is 12.8. The van der Waals surface area contributed by atoms with Gasteiger partial charge >= 0.3 is 0 Å². The van der Waals surface area contributed by atoms with Crippen molar-refractivity contribution >= 4 is 0 Å². The largest absolute Gasteiger partial charge is 0.386 e. The van der Waals surface area contributed by atoms with Crippen molar-refractivity contribution in [3.05, 3.63) is 12.2 Å². The monoisotopic (exact) mass is 164 g/mol. The van der Waals surface area contributed by atoms with E-state index in [1.54, 1.807) is 0 Å². The second kappa shape index (κ2) is 2.53. The molecule has 1 aliphatic rings. The first-order valence-corrected chi connectivity index (χ1v) is 3.38. The molecule has 0 aliphatic heterocycles. The van der Waals surface area contributed by atoms with Gasteiger partial charge in [0.05, 0.1) is 0 Å². The number of hydrogen-bond donors (Lipinski definition) is 2. The van der Waals surface area contributed by atoms with E-state index in [1.165, 1.54) is 19.1 Å². The highest BCUT2D eigenvalue weighted by Gasteiger charge is 2.48. The van der Waals surface area contributed by atoms with Crippen LogP contribution < -0.4 is 0 Å². The van der Waals surface area contributed by atoms with E-state index in [9.17, 15) is 8.78 Å². The average Bonchev–Trinajstić information content (AvgIpc) is 1.95. The first-order valence-electron chi connectivity index (χ1n) is 3.38. The summed E-state index contributed by atoms with van der Waals surface area (Å²) < 4.78 is 25.6. The Morgan fingerprint density at radius 2 is 1.82 bits per heavy atom. The summed E-state index contributed by atoms with van der Waals surface area (Å²) in [5.74, 6) is -4.23. The zero-order chi connectivity index (χ0) is 8.65. The van der Waals surface area contributed by atoms with E-state index in [0.717, 1.165) is 0 Å². The highest BCUT2D eigenvalue weighted by molar-refractivity contribution is 5.09. The number of rotatable bonds is 0. The zero-order valence-corrected chi connectivity index (χ0v) is 6.04. The standard InChI is InChI=1S/C7H10F2O2/c1-4-2-3-5(10)6(11)7(4,8)9/h2-6,10-11H,1H3/t4-,5+,6+/m1/s1. The van der Waals surface area contributed by atoms with Crippen molar-refractivity contribution in [2.45, 2.75) is 25.1 Å². The molecule has 11 heavy (non-hydrogen) atoms. The molecule has 0 aromatic rings. The highest BCUT2D eigenvalue weighted by atomic mass is 19.3. The summed E-state index contributed by atoms with van der Waals surface area (Å²) in [4.78, 5) is 0. The summed E-state index contributed by atoms with van der Waals surface area (Å²) in [6.07, 6.45) is -1.02. The third-order valence-electron chi connectivity index (χ3n) is 1.92. The predicted molar refractivity (Wildman–Crippen MR) is 35.3 cm³/mol. The molecule has 1 rings (SSSR count). The minimum atomic E-state index is -3.21. The van der Waals surface area contributed by atoms with E-state index < -0.39 is 24.0 Å². The van der Waals surface area contributed by atoms with Crippen LogP contribution in [0.15, 0.2) is 12.2 Å². The Kier molecular flexibility index (Phi) is 1.98. The molecular formula is C7H10F2O2. The number of aliphatic hydroxyl groups is 2. The molecule has 0 radical (unpaired) electrons. The van der Waals surface area contributed by atoms with E-state index in [0.29, 0.717) is 0 Å². The van der Waals surface area contributed by atoms with Crippen LogP contribution in [0.2, 0.25) is 0 Å². The Hall–Kier alpha value is -0.480. The zero-order valence-electron chi connectivity index (χ0n) is 6.04. The third-order valence-corrected chi connectivity index (χ3v) is 1.92. The normalized spacial score (nSPS) is 42.5. The lowest BCUT2D eigenvalue weighted by Crippen LogP contribution is -2.48. The van der Waals surface area contributed by atoms with Crippen molar-refractivity contribution in [3.63, 3.8) is 0 Å². The Bertz CT molecular complexity index is 179. The lowest BCUT2D eigenvalue weighted by Gasteiger charge is -2.32. The summed E-state index contributed by atoms with van der Waals surface area (Å²) in [5, 5.41) is 17.6. The van der Waals surface area contributed by atoms with Crippen molar-refractivity contribution in [1.82, 2.24) is 0 Å². The second-order valence-corrected chi connectivity index (χ2v) is 2.78. The topological polar surface area (TPSA) is 40.5 Å². The van der Waals surface area contributed by atoms with Gasteiger partial charge in [-0.1, -0.05) is 19.1 Å². The Morgan fingerprint density at radius 3 is 2.27 bits per heavy atom. The fraction of sp³-hybridized carbons (Fsp3) is 0.714. The van der Waals surface area contributed by atoms with Gasteiger partial charge in [0, 0.05) is 5.92 Å². The van der Waals surface area contributed by atoms with E-state index in [2.05, 4.69) is 0 Å². The summed E-state index contributed by atoms with van der Waals surface area (Å²) in [6.45, 7) is 1.30. The van der Waals surface area contributed by atoms with Gasteiger partial charge in [0.25, 0.3) is 5.92 Å². The van der Waals surface area contributed by atoms with Crippen LogP contribution in [0.5, 0.6) is 0 Å². The van der Waals surface area contributed by atoms with Crippen LogP contribution >= 0.6 is 0 Å². The van der Waals surface area contributed by atoms with Gasteiger partial charge in [-0.25, -0.2) is 8.78 Å². The molecule has 1 aliphatic carbocycles. The van der Waals surface area contributed by atoms with Gasteiger partial charge in [-0.15, -0.1) is 0 Å². The molecule has 0 unspecified atom stereocenters. The maximum Gasteiger partial charge on any atom is 0.282 e. The average molecular weight is 164 g/mol. The number of aliphatic hydroxyl groups excluding tert-OH is 2. The minimum Gasteiger partial charge on any atom is -0.386 e. The Labute approximate surface area is 63.2 Å². The van der Waals surface area contributed by atoms with Gasteiger partial charge < -0.3 is 10.2 Å². The first kappa shape index (κ1) is 8.62. The van der Waals surface area contributed by atoms with Gasteiger partial charge in [-0.05, 0) is 0 Å². The van der Waals surface area contributed by atoms with Crippen LogP contribution in [-0.2, 0) is 0 Å². The molecule has 0 amide bonds. The van der Waals surface area contributed by atoms with E-state index >= 15 is 0 Å². The molecule has 0 saturated carbocycles. The molecule has 64 valence electrons. The van der Waals surface area contributed by atoms with Crippen molar-refractivity contribution in [2.75, 3.05) is 0 Å². The summed E-state index contributed by atoms with van der Waals surface area (Å²) >= 11 is 0. The summed E-state index contributed by atoms with van der Waals surface area (Å²) in [5.41, 5.74) is 0. The van der Waals surface area contributed by atoms with Gasteiger partial charge in [-0.2, -0.15) is 0 Å². The first-order chi connectivity index (χ1) is 4.96. The molecule has 0 aromatic carbocycles. The fourth-order valence-corrected chi connectivity index (χ4v) is 1.01. The lowest BCUT2D eigenvalue weighted by atomic mass is 9.89. The maximum absolute atomic E-state index is 12.8. The fourth-order valence-electron chi connectivity index (χ4n) is 1.01. The molecule has 0 bridgehead atoms.